The largest absolute Gasteiger partial charge is 0.542 e. The van der Waals surface area contributed by atoms with Crippen LogP contribution in [0.4, 0.5) is 13.2 Å². The Balaban J connectivity index is 0.000000785. The monoisotopic (exact) mass is 730 g/mol. The van der Waals surface area contributed by atoms with Crippen LogP contribution in [-0.2, 0) is 44.1 Å². The van der Waals surface area contributed by atoms with Crippen molar-refractivity contribution in [2.45, 2.75) is 52.1 Å². The number of carboxylic acids is 1. The normalized spacial score (nSPS) is 14.7. The minimum Gasteiger partial charge on any atom is -0.542 e. The van der Waals surface area contributed by atoms with Crippen LogP contribution < -0.4 is 25.1 Å². The molecule has 0 amide bonds. The van der Waals surface area contributed by atoms with Gasteiger partial charge in [-0.1, -0.05) is 68.4 Å². The average molecular weight is 731 g/mol. The zero-order chi connectivity index (χ0) is 37.6. The first kappa shape index (κ1) is 40.1. The van der Waals surface area contributed by atoms with Gasteiger partial charge in [0.25, 0.3) is 0 Å². The lowest BCUT2D eigenvalue weighted by atomic mass is 9.87. The van der Waals surface area contributed by atoms with E-state index in [1.807, 2.05) is 35.0 Å². The Morgan fingerprint density at radius 1 is 0.808 bits per heavy atom. The summed E-state index contributed by atoms with van der Waals surface area (Å²) < 4.78 is 68.6. The van der Waals surface area contributed by atoms with Gasteiger partial charge in [0.2, 0.25) is 0 Å². The van der Waals surface area contributed by atoms with Crippen molar-refractivity contribution in [1.82, 2.24) is 15.0 Å². The summed E-state index contributed by atoms with van der Waals surface area (Å²) in [4.78, 5) is 8.78. The highest BCUT2D eigenvalue weighted by Gasteiger charge is 2.29. The van der Waals surface area contributed by atoms with Crippen LogP contribution in [0.1, 0.15) is 43.2 Å². The first-order valence-electron chi connectivity index (χ1n) is 16.8. The molecule has 15 heteroatoms. The third-order valence-electron chi connectivity index (χ3n) is 7.74. The maximum Gasteiger partial charge on any atom is 0.430 e. The Labute approximate surface area is 300 Å². The van der Waals surface area contributed by atoms with Crippen molar-refractivity contribution in [1.29, 1.82) is 0 Å². The number of rotatable bonds is 7. The molecule has 12 nitrogen and oxygen atoms in total. The molecule has 0 aliphatic carbocycles. The Kier molecular flexibility index (Phi) is 14.8. The van der Waals surface area contributed by atoms with Crippen LogP contribution in [0.3, 0.4) is 0 Å². The molecule has 0 atom stereocenters. The van der Waals surface area contributed by atoms with Gasteiger partial charge in [0.1, 0.15) is 42.9 Å². The lowest BCUT2D eigenvalue weighted by molar-refractivity contribution is -0.386. The van der Waals surface area contributed by atoms with Gasteiger partial charge in [-0.2, -0.15) is 13.2 Å². The second-order valence-corrected chi connectivity index (χ2v) is 12.7. The molecule has 0 radical (unpaired) electrons. The number of fused-ring (bicyclic) bond motifs is 1. The molecular formula is C37H45F3N4O8. The fourth-order valence-corrected chi connectivity index (χ4v) is 4.88. The minimum absolute atomic E-state index is 0.0703. The van der Waals surface area contributed by atoms with E-state index in [1.54, 1.807) is 0 Å². The Hall–Kier alpha value is -4.70. The van der Waals surface area contributed by atoms with Gasteiger partial charge in [0.05, 0.1) is 52.7 Å². The van der Waals surface area contributed by atoms with Crippen LogP contribution >= 0.6 is 0 Å². The van der Waals surface area contributed by atoms with Crippen LogP contribution in [0.5, 0.6) is 17.2 Å². The first-order valence-corrected chi connectivity index (χ1v) is 16.8. The molecule has 2 heterocycles. The number of aromatic nitrogens is 3. The van der Waals surface area contributed by atoms with Gasteiger partial charge in [-0.3, -0.25) is 0 Å². The smallest absolute Gasteiger partial charge is 0.430 e. The molecule has 3 N–H and O–H groups in total. The topological polar surface area (TPSA) is 154 Å². The second kappa shape index (κ2) is 19.2. The van der Waals surface area contributed by atoms with Gasteiger partial charge in [0.15, 0.2) is 11.5 Å². The van der Waals surface area contributed by atoms with Crippen LogP contribution in [0.15, 0.2) is 66.7 Å². The number of carbonyl (C=O) groups is 1. The van der Waals surface area contributed by atoms with Crippen LogP contribution in [0.2, 0.25) is 0 Å². The molecule has 0 saturated heterocycles. The highest BCUT2D eigenvalue weighted by molar-refractivity contribution is 5.70. The molecule has 0 unspecified atom stereocenters. The van der Waals surface area contributed by atoms with E-state index in [-0.39, 0.29) is 5.41 Å². The van der Waals surface area contributed by atoms with Crippen molar-refractivity contribution in [3.8, 4) is 28.5 Å². The fraction of sp³-hybridized carbons (Fsp3) is 0.432. The molecule has 0 bridgehead atoms. The van der Waals surface area contributed by atoms with Crippen molar-refractivity contribution in [2.75, 3.05) is 52.9 Å². The number of quaternary nitrogens is 1. The lowest BCUT2D eigenvalue weighted by Gasteiger charge is -2.19. The highest BCUT2D eigenvalue weighted by atomic mass is 19.4. The zero-order valence-electron chi connectivity index (χ0n) is 29.6. The van der Waals surface area contributed by atoms with Crippen molar-refractivity contribution >= 4 is 5.97 Å². The van der Waals surface area contributed by atoms with E-state index in [4.69, 9.17) is 38.3 Å². The minimum atomic E-state index is -5.19. The summed E-state index contributed by atoms with van der Waals surface area (Å²) >= 11 is 0. The first-order chi connectivity index (χ1) is 24.8. The van der Waals surface area contributed by atoms with E-state index in [0.717, 1.165) is 40.4 Å². The number of alkyl halides is 3. The van der Waals surface area contributed by atoms with Gasteiger partial charge in [-0.15, -0.1) is 5.10 Å². The molecule has 282 valence electrons. The number of ether oxygens (including phenoxy) is 6. The highest BCUT2D eigenvalue weighted by Crippen LogP contribution is 2.31. The van der Waals surface area contributed by atoms with Gasteiger partial charge in [0, 0.05) is 11.1 Å². The standard InChI is InChI=1S/C35H44N4O6.C2HF3O2/c1-35(2,3)29-9-11-30(12-10-29)45-25-31-34(28-7-4-26(23-36)5-8-28)37-38-39(31)24-27-6-13-32-33(22-27)44-21-19-42-17-15-40-14-16-41-18-20-43-32;3-2(4,5)1(6)7/h4-13,22H,14-21,23-25,36H2,1-3H3;(H,6,7). The van der Waals surface area contributed by atoms with E-state index in [0.29, 0.717) is 77.5 Å². The summed E-state index contributed by atoms with van der Waals surface area (Å²) in [5.41, 5.74) is 10.1. The number of halogens is 3. The third-order valence-corrected chi connectivity index (χ3v) is 7.74. The molecular weight excluding hydrogens is 685 g/mol. The molecule has 52 heavy (non-hydrogen) atoms. The predicted molar refractivity (Wildman–Crippen MR) is 182 cm³/mol. The van der Waals surface area contributed by atoms with Gasteiger partial charge in [-0.05, 0) is 40.8 Å². The summed E-state index contributed by atoms with van der Waals surface area (Å²) in [5.74, 6) is -0.921. The van der Waals surface area contributed by atoms with Crippen LogP contribution in [0.25, 0.3) is 11.3 Å². The van der Waals surface area contributed by atoms with E-state index in [9.17, 15) is 13.2 Å². The molecule has 4 aromatic rings. The van der Waals surface area contributed by atoms with Crippen LogP contribution in [-0.4, -0.2) is 80.0 Å². The molecule has 1 aliphatic rings. The van der Waals surface area contributed by atoms with Crippen molar-refractivity contribution in [2.24, 2.45) is 0 Å². The molecule has 3 aromatic carbocycles. The quantitative estimate of drug-likeness (QED) is 0.298. The predicted octanol–water partition coefficient (Wildman–Crippen LogP) is 3.73. The van der Waals surface area contributed by atoms with Crippen molar-refractivity contribution in [3.05, 3.63) is 89.1 Å². The van der Waals surface area contributed by atoms with Gasteiger partial charge < -0.3 is 44.1 Å². The molecule has 0 fully saturated rings. The molecule has 0 spiro atoms. The molecule has 0 saturated carbocycles. The Morgan fingerprint density at radius 3 is 1.88 bits per heavy atom. The molecule has 5 rings (SSSR count). The zero-order valence-corrected chi connectivity index (χ0v) is 29.6. The average Bonchev–Trinajstić information content (AvgIpc) is 3.50. The van der Waals surface area contributed by atoms with Gasteiger partial charge in [-0.25, -0.2) is 4.68 Å². The summed E-state index contributed by atoms with van der Waals surface area (Å²) in [5, 5.41) is 18.0. The van der Waals surface area contributed by atoms with Crippen LogP contribution in [0, 0.1) is 0 Å². The van der Waals surface area contributed by atoms with E-state index in [2.05, 4.69) is 73.2 Å². The Morgan fingerprint density at radius 2 is 1.35 bits per heavy atom. The molecule has 1 aliphatic heterocycles. The van der Waals surface area contributed by atoms with Gasteiger partial charge >= 0.3 is 6.18 Å². The van der Waals surface area contributed by atoms with E-state index >= 15 is 0 Å². The number of hydrogen-bond acceptors (Lipinski definition) is 10. The van der Waals surface area contributed by atoms with Crippen molar-refractivity contribution in [3.63, 3.8) is 0 Å². The van der Waals surface area contributed by atoms with E-state index in [1.165, 1.54) is 5.56 Å². The lowest BCUT2D eigenvalue weighted by Crippen LogP contribution is -2.47. The third kappa shape index (κ3) is 12.5. The second-order valence-electron chi connectivity index (χ2n) is 12.7. The SMILES string of the molecule is CC(C)(C)c1ccc(OCc2c(-c3ccc(C[NH3+])cc3)nnn2Cc2ccc3c(c2)OCCOCCOCCOCCO3)cc1.O=C([O-])C(F)(F)F. The number of carboxylic acid groups (broad SMARTS) is 1. The summed E-state index contributed by atoms with van der Waals surface area (Å²) in [6.07, 6.45) is -5.19. The maximum atomic E-state index is 10.5. The number of benzene rings is 3. The van der Waals surface area contributed by atoms with Crippen molar-refractivity contribution < 1.29 is 57.2 Å². The number of hydrogen-bond donors (Lipinski definition) is 1. The number of aliphatic carboxylic acids is 1. The number of nitrogens with zero attached hydrogens (tertiary/aromatic N) is 3. The summed E-state index contributed by atoms with van der Waals surface area (Å²) in [6, 6.07) is 22.5. The fourth-order valence-electron chi connectivity index (χ4n) is 4.88. The summed E-state index contributed by atoms with van der Waals surface area (Å²) in [7, 11) is 0. The summed E-state index contributed by atoms with van der Waals surface area (Å²) in [6.45, 7) is 11.9. The van der Waals surface area contributed by atoms with E-state index < -0.39 is 12.1 Å². The Bertz CT molecular complexity index is 1690. The molecule has 1 aromatic heterocycles. The number of carbonyl (C=O) groups excluding carboxylic acids is 1. The maximum absolute atomic E-state index is 10.5.